The van der Waals surface area contributed by atoms with Gasteiger partial charge in [-0.25, -0.2) is 0 Å². The van der Waals surface area contributed by atoms with Crippen LogP contribution in [0.5, 0.6) is 0 Å². The molecule has 1 aliphatic carbocycles. The molecular formula is C15H19N3O. The van der Waals surface area contributed by atoms with Crippen LogP contribution in [0.25, 0.3) is 0 Å². The Hall–Kier alpha value is -1.81. The highest BCUT2D eigenvalue weighted by atomic mass is 16.3. The van der Waals surface area contributed by atoms with Crippen molar-refractivity contribution in [2.75, 3.05) is 12.3 Å². The zero-order chi connectivity index (χ0) is 13.1. The molecule has 3 rings (SSSR count). The molecule has 100 valence electrons. The molecule has 0 aliphatic heterocycles. The van der Waals surface area contributed by atoms with Crippen molar-refractivity contribution >= 4 is 5.69 Å². The fraction of sp³-hybridized carbons (Fsp3) is 0.400. The molecular weight excluding hydrogens is 238 g/mol. The predicted molar refractivity (Wildman–Crippen MR) is 74.5 cm³/mol. The first-order valence-corrected chi connectivity index (χ1v) is 6.78. The molecule has 2 N–H and O–H groups in total. The summed E-state index contributed by atoms with van der Waals surface area (Å²) in [5.74, 6) is 1.04. The van der Waals surface area contributed by atoms with E-state index in [-0.39, 0.29) is 0 Å². The van der Waals surface area contributed by atoms with Gasteiger partial charge in [0.05, 0.1) is 24.7 Å². The first-order valence-electron chi connectivity index (χ1n) is 6.78. The number of rotatable bonds is 6. The summed E-state index contributed by atoms with van der Waals surface area (Å²) >= 11 is 0. The summed E-state index contributed by atoms with van der Waals surface area (Å²) in [6, 6.07) is 8.63. The third-order valence-corrected chi connectivity index (χ3v) is 3.51. The van der Waals surface area contributed by atoms with Crippen molar-refractivity contribution in [1.29, 1.82) is 0 Å². The molecule has 0 spiro atoms. The van der Waals surface area contributed by atoms with E-state index in [0.29, 0.717) is 0 Å². The Kier molecular flexibility index (Phi) is 3.51. The monoisotopic (exact) mass is 257 g/mol. The normalized spacial score (nSPS) is 15.0. The fourth-order valence-electron chi connectivity index (χ4n) is 2.28. The topological polar surface area (TPSA) is 55.3 Å². The second-order valence-electron chi connectivity index (χ2n) is 5.11. The van der Waals surface area contributed by atoms with Gasteiger partial charge in [-0.3, -0.25) is 9.88 Å². The van der Waals surface area contributed by atoms with Crippen molar-refractivity contribution < 1.29 is 4.42 Å². The van der Waals surface area contributed by atoms with Gasteiger partial charge < -0.3 is 10.2 Å². The fourth-order valence-corrected chi connectivity index (χ4v) is 2.28. The van der Waals surface area contributed by atoms with Crippen LogP contribution < -0.4 is 5.73 Å². The van der Waals surface area contributed by atoms with Crippen LogP contribution in [0.2, 0.25) is 0 Å². The molecule has 1 saturated carbocycles. The molecule has 4 nitrogen and oxygen atoms in total. The molecule has 0 unspecified atom stereocenters. The molecule has 2 aromatic rings. The number of anilines is 1. The summed E-state index contributed by atoms with van der Waals surface area (Å²) in [4.78, 5) is 6.83. The van der Waals surface area contributed by atoms with Crippen molar-refractivity contribution in [2.24, 2.45) is 0 Å². The van der Waals surface area contributed by atoms with Crippen LogP contribution in [0, 0.1) is 0 Å². The maximum Gasteiger partial charge on any atom is 0.117 e. The molecule has 4 heteroatoms. The van der Waals surface area contributed by atoms with E-state index in [1.54, 1.807) is 12.5 Å². The first-order chi connectivity index (χ1) is 9.31. The van der Waals surface area contributed by atoms with Gasteiger partial charge in [0, 0.05) is 24.7 Å². The van der Waals surface area contributed by atoms with Crippen LogP contribution in [0.15, 0.2) is 41.1 Å². The predicted octanol–water partition coefficient (Wildman–Crippen LogP) is 2.46. The van der Waals surface area contributed by atoms with Gasteiger partial charge in [-0.2, -0.15) is 0 Å². The van der Waals surface area contributed by atoms with Crippen LogP contribution in [0.3, 0.4) is 0 Å². The van der Waals surface area contributed by atoms with Crippen LogP contribution in [0.1, 0.15) is 24.3 Å². The Morgan fingerprint density at radius 3 is 2.84 bits per heavy atom. The number of hydrogen-bond donors (Lipinski definition) is 1. The minimum atomic E-state index is 0.721. The van der Waals surface area contributed by atoms with Crippen molar-refractivity contribution in [3.05, 3.63) is 48.2 Å². The third-order valence-electron chi connectivity index (χ3n) is 3.51. The standard InChI is InChI=1S/C15H19N3O/c16-12-3-4-13(17-10-12)7-8-18(14-5-6-14)11-15-2-1-9-19-15/h1-4,9-10,14H,5-8,11,16H2. The Bertz CT molecular complexity index is 503. The largest absolute Gasteiger partial charge is 0.468 e. The summed E-state index contributed by atoms with van der Waals surface area (Å²) in [5.41, 5.74) is 7.46. The lowest BCUT2D eigenvalue weighted by molar-refractivity contribution is 0.236. The Labute approximate surface area is 113 Å². The number of nitrogen functional groups attached to an aromatic ring is 1. The maximum absolute atomic E-state index is 5.65. The summed E-state index contributed by atoms with van der Waals surface area (Å²) in [7, 11) is 0. The summed E-state index contributed by atoms with van der Waals surface area (Å²) in [6.07, 6.45) is 7.02. The zero-order valence-electron chi connectivity index (χ0n) is 11.0. The highest BCUT2D eigenvalue weighted by Gasteiger charge is 2.29. The highest BCUT2D eigenvalue weighted by Crippen LogP contribution is 2.28. The molecule has 2 aromatic heterocycles. The van der Waals surface area contributed by atoms with Crippen molar-refractivity contribution in [3.63, 3.8) is 0 Å². The summed E-state index contributed by atoms with van der Waals surface area (Å²) in [6.45, 7) is 1.91. The van der Waals surface area contributed by atoms with E-state index in [0.717, 1.165) is 42.7 Å². The lowest BCUT2D eigenvalue weighted by atomic mass is 10.2. The van der Waals surface area contributed by atoms with E-state index < -0.39 is 0 Å². The molecule has 0 atom stereocenters. The Morgan fingerprint density at radius 1 is 1.32 bits per heavy atom. The van der Waals surface area contributed by atoms with Gasteiger partial charge in [-0.1, -0.05) is 0 Å². The first kappa shape index (κ1) is 12.2. The van der Waals surface area contributed by atoms with Crippen LogP contribution in [-0.2, 0) is 13.0 Å². The average molecular weight is 257 g/mol. The van der Waals surface area contributed by atoms with Crippen molar-refractivity contribution in [2.45, 2.75) is 31.8 Å². The summed E-state index contributed by atoms with van der Waals surface area (Å²) in [5, 5.41) is 0. The van der Waals surface area contributed by atoms with Crippen LogP contribution >= 0.6 is 0 Å². The molecule has 1 fully saturated rings. The molecule has 2 heterocycles. The Balaban J connectivity index is 1.57. The number of nitrogens with zero attached hydrogens (tertiary/aromatic N) is 2. The molecule has 0 aromatic carbocycles. The van der Waals surface area contributed by atoms with Crippen molar-refractivity contribution in [3.8, 4) is 0 Å². The van der Waals surface area contributed by atoms with Gasteiger partial charge in [0.15, 0.2) is 0 Å². The number of nitrogens with two attached hydrogens (primary N) is 1. The Morgan fingerprint density at radius 2 is 2.21 bits per heavy atom. The van der Waals surface area contributed by atoms with Gasteiger partial charge in [0.25, 0.3) is 0 Å². The lowest BCUT2D eigenvalue weighted by Crippen LogP contribution is -2.27. The minimum Gasteiger partial charge on any atom is -0.468 e. The summed E-state index contributed by atoms with van der Waals surface area (Å²) < 4.78 is 5.44. The van der Waals surface area contributed by atoms with E-state index in [1.807, 2.05) is 24.3 Å². The number of furan rings is 1. The second-order valence-corrected chi connectivity index (χ2v) is 5.11. The van der Waals surface area contributed by atoms with Crippen LogP contribution in [-0.4, -0.2) is 22.5 Å². The van der Waals surface area contributed by atoms with Gasteiger partial charge in [0.1, 0.15) is 5.76 Å². The third kappa shape index (κ3) is 3.35. The van der Waals surface area contributed by atoms with Crippen molar-refractivity contribution in [1.82, 2.24) is 9.88 Å². The number of aromatic nitrogens is 1. The van der Waals surface area contributed by atoms with E-state index in [1.165, 1.54) is 12.8 Å². The molecule has 0 saturated heterocycles. The number of hydrogen-bond acceptors (Lipinski definition) is 4. The molecule has 1 aliphatic rings. The molecule has 0 amide bonds. The van der Waals surface area contributed by atoms with E-state index in [9.17, 15) is 0 Å². The minimum absolute atomic E-state index is 0.721. The van der Waals surface area contributed by atoms with E-state index in [4.69, 9.17) is 10.2 Å². The average Bonchev–Trinajstić information content (AvgIpc) is 3.14. The molecule has 19 heavy (non-hydrogen) atoms. The van der Waals surface area contributed by atoms with Gasteiger partial charge >= 0.3 is 0 Å². The quantitative estimate of drug-likeness (QED) is 0.863. The lowest BCUT2D eigenvalue weighted by Gasteiger charge is -2.20. The maximum atomic E-state index is 5.65. The van der Waals surface area contributed by atoms with E-state index in [2.05, 4.69) is 9.88 Å². The van der Waals surface area contributed by atoms with Gasteiger partial charge in [-0.15, -0.1) is 0 Å². The van der Waals surface area contributed by atoms with Gasteiger partial charge in [-0.05, 0) is 37.1 Å². The van der Waals surface area contributed by atoms with Crippen LogP contribution in [0.4, 0.5) is 5.69 Å². The smallest absolute Gasteiger partial charge is 0.117 e. The van der Waals surface area contributed by atoms with E-state index >= 15 is 0 Å². The second kappa shape index (κ2) is 5.45. The highest BCUT2D eigenvalue weighted by molar-refractivity contribution is 5.34. The number of pyridine rings is 1. The molecule has 0 radical (unpaired) electrons. The zero-order valence-corrected chi connectivity index (χ0v) is 11.0. The van der Waals surface area contributed by atoms with Gasteiger partial charge in [0.2, 0.25) is 0 Å². The SMILES string of the molecule is Nc1ccc(CCN(Cc2ccco2)C2CC2)nc1. The molecule has 0 bridgehead atoms.